The normalized spacial score (nSPS) is 11.6. The summed E-state index contributed by atoms with van der Waals surface area (Å²) >= 11 is 4.54. The van der Waals surface area contributed by atoms with Crippen LogP contribution >= 0.6 is 12.2 Å². The van der Waals surface area contributed by atoms with E-state index < -0.39 is 22.4 Å². The van der Waals surface area contributed by atoms with E-state index in [4.69, 9.17) is 10.2 Å². The summed E-state index contributed by atoms with van der Waals surface area (Å²) in [6.07, 6.45) is -3.48. The van der Waals surface area contributed by atoms with E-state index in [2.05, 4.69) is 22.7 Å². The number of hydrazone groups is 1. The minimum absolute atomic E-state index is 0.0206. The van der Waals surface area contributed by atoms with Crippen molar-refractivity contribution in [3.8, 4) is 11.3 Å². The molecule has 0 bridgehead atoms. The zero-order valence-electron chi connectivity index (χ0n) is 11.7. The van der Waals surface area contributed by atoms with Crippen LogP contribution in [-0.4, -0.2) is 16.3 Å². The van der Waals surface area contributed by atoms with Gasteiger partial charge in [-0.15, -0.1) is 0 Å². The van der Waals surface area contributed by atoms with Crippen molar-refractivity contribution in [1.29, 1.82) is 0 Å². The minimum atomic E-state index is -4.68. The van der Waals surface area contributed by atoms with Crippen LogP contribution in [0.5, 0.6) is 0 Å². The maximum atomic E-state index is 12.7. The second-order valence-corrected chi connectivity index (χ2v) is 4.86. The van der Waals surface area contributed by atoms with Crippen molar-refractivity contribution in [2.24, 2.45) is 10.8 Å². The zero-order valence-corrected chi connectivity index (χ0v) is 12.5. The van der Waals surface area contributed by atoms with Crippen molar-refractivity contribution in [3.63, 3.8) is 0 Å². The van der Waals surface area contributed by atoms with Crippen LogP contribution in [0.25, 0.3) is 11.3 Å². The van der Waals surface area contributed by atoms with Crippen LogP contribution in [0.3, 0.4) is 0 Å². The summed E-state index contributed by atoms with van der Waals surface area (Å²) in [7, 11) is 0. The van der Waals surface area contributed by atoms with Gasteiger partial charge in [-0.05, 0) is 36.5 Å². The molecule has 2 aromatic rings. The SMILES string of the molecule is NC(=S)N/N=C\c1ccc(-c2ccc(C(F)(F)F)cc2[N+](=O)[O-])o1. The molecule has 0 atom stereocenters. The molecular formula is C13H9F3N4O3S. The van der Waals surface area contributed by atoms with Gasteiger partial charge in [0.1, 0.15) is 11.5 Å². The Morgan fingerprint density at radius 1 is 1.38 bits per heavy atom. The van der Waals surface area contributed by atoms with Crippen molar-refractivity contribution in [1.82, 2.24) is 5.43 Å². The number of nitrogens with two attached hydrogens (primary N) is 1. The fraction of sp³-hybridized carbons (Fsp3) is 0.0769. The lowest BCUT2D eigenvalue weighted by atomic mass is 10.1. The Balaban J connectivity index is 2.38. The van der Waals surface area contributed by atoms with Gasteiger partial charge in [0, 0.05) is 6.07 Å². The number of rotatable bonds is 4. The molecule has 2 rings (SSSR count). The monoisotopic (exact) mass is 358 g/mol. The molecule has 7 nitrogen and oxygen atoms in total. The Labute approximate surface area is 138 Å². The van der Waals surface area contributed by atoms with Gasteiger partial charge in [0.15, 0.2) is 5.11 Å². The third-order valence-corrected chi connectivity index (χ3v) is 2.87. The maximum Gasteiger partial charge on any atom is 0.416 e. The van der Waals surface area contributed by atoms with E-state index in [1.165, 1.54) is 18.3 Å². The van der Waals surface area contributed by atoms with Gasteiger partial charge in [0.2, 0.25) is 0 Å². The Kier molecular flexibility index (Phi) is 4.83. The quantitative estimate of drug-likeness (QED) is 0.377. The third-order valence-electron chi connectivity index (χ3n) is 2.78. The molecule has 0 radical (unpaired) electrons. The molecule has 1 aromatic carbocycles. The largest absolute Gasteiger partial charge is 0.455 e. The smallest absolute Gasteiger partial charge is 0.416 e. The van der Waals surface area contributed by atoms with E-state index in [1.54, 1.807) is 0 Å². The number of furan rings is 1. The van der Waals surface area contributed by atoms with Crippen LogP contribution in [0.15, 0.2) is 39.9 Å². The molecule has 24 heavy (non-hydrogen) atoms. The predicted octanol–water partition coefficient (Wildman–Crippen LogP) is 3.04. The molecule has 1 heterocycles. The fourth-order valence-electron chi connectivity index (χ4n) is 1.79. The van der Waals surface area contributed by atoms with Gasteiger partial charge in [-0.1, -0.05) is 0 Å². The van der Waals surface area contributed by atoms with Gasteiger partial charge in [0.25, 0.3) is 5.69 Å². The first-order chi connectivity index (χ1) is 11.2. The summed E-state index contributed by atoms with van der Waals surface area (Å²) in [6, 6.07) is 4.99. The highest BCUT2D eigenvalue weighted by Crippen LogP contribution is 2.37. The van der Waals surface area contributed by atoms with E-state index in [0.29, 0.717) is 6.07 Å². The first-order valence-electron chi connectivity index (χ1n) is 6.23. The number of nitro benzene ring substituents is 1. The second kappa shape index (κ2) is 6.66. The first-order valence-corrected chi connectivity index (χ1v) is 6.63. The lowest BCUT2D eigenvalue weighted by molar-refractivity contribution is -0.384. The van der Waals surface area contributed by atoms with Crippen LogP contribution in [-0.2, 0) is 6.18 Å². The summed E-state index contributed by atoms with van der Waals surface area (Å²) in [4.78, 5) is 10.2. The van der Waals surface area contributed by atoms with Crippen molar-refractivity contribution < 1.29 is 22.5 Å². The third kappa shape index (κ3) is 4.07. The van der Waals surface area contributed by atoms with Crippen molar-refractivity contribution >= 4 is 29.2 Å². The van der Waals surface area contributed by atoms with Crippen LogP contribution in [0.1, 0.15) is 11.3 Å². The average molecular weight is 358 g/mol. The number of thiocarbonyl (C=S) groups is 1. The molecule has 0 aliphatic carbocycles. The Morgan fingerprint density at radius 2 is 2.08 bits per heavy atom. The number of nitrogens with zero attached hydrogens (tertiary/aromatic N) is 2. The zero-order chi connectivity index (χ0) is 17.9. The van der Waals surface area contributed by atoms with Crippen LogP contribution in [0.4, 0.5) is 18.9 Å². The van der Waals surface area contributed by atoms with Crippen LogP contribution < -0.4 is 11.2 Å². The van der Waals surface area contributed by atoms with E-state index in [1.807, 2.05) is 0 Å². The fourth-order valence-corrected chi connectivity index (χ4v) is 1.85. The second-order valence-electron chi connectivity index (χ2n) is 4.42. The summed E-state index contributed by atoms with van der Waals surface area (Å²) in [6.45, 7) is 0. The summed E-state index contributed by atoms with van der Waals surface area (Å²) in [5.74, 6) is 0.218. The molecule has 3 N–H and O–H groups in total. The molecular weight excluding hydrogens is 349 g/mol. The number of halogens is 3. The molecule has 1 aromatic heterocycles. The van der Waals surface area contributed by atoms with Crippen molar-refractivity contribution in [2.45, 2.75) is 6.18 Å². The average Bonchev–Trinajstić information content (AvgIpc) is 2.94. The molecule has 11 heteroatoms. The number of nitro groups is 1. The van der Waals surface area contributed by atoms with Crippen molar-refractivity contribution in [3.05, 3.63) is 51.8 Å². The summed E-state index contributed by atoms with van der Waals surface area (Å²) < 4.78 is 43.4. The molecule has 0 fully saturated rings. The molecule has 0 unspecified atom stereocenters. The lowest BCUT2D eigenvalue weighted by Gasteiger charge is -2.07. The number of hydrogen-bond acceptors (Lipinski definition) is 5. The van der Waals surface area contributed by atoms with Gasteiger partial charge in [-0.3, -0.25) is 15.5 Å². The first kappa shape index (κ1) is 17.4. The predicted molar refractivity (Wildman–Crippen MR) is 83.3 cm³/mol. The highest BCUT2D eigenvalue weighted by Gasteiger charge is 2.33. The molecule has 0 aliphatic rings. The van der Waals surface area contributed by atoms with E-state index in [9.17, 15) is 23.3 Å². The standard InChI is InChI=1S/C13H9F3N4O3S/c14-13(15,16)7-1-3-9(10(5-7)20(21)22)11-4-2-8(23-11)6-18-19-12(17)24/h1-6H,(H3,17,19,24)/b18-6-. The Morgan fingerprint density at radius 3 is 2.67 bits per heavy atom. The summed E-state index contributed by atoms with van der Waals surface area (Å²) in [5, 5.41) is 14.6. The maximum absolute atomic E-state index is 12.7. The summed E-state index contributed by atoms with van der Waals surface area (Å²) in [5.41, 5.74) is 5.52. The van der Waals surface area contributed by atoms with Gasteiger partial charge in [0.05, 0.1) is 22.3 Å². The Hall–Kier alpha value is -2.95. The molecule has 0 amide bonds. The van der Waals surface area contributed by atoms with E-state index in [0.717, 1.165) is 12.1 Å². The van der Waals surface area contributed by atoms with Gasteiger partial charge in [-0.25, -0.2) is 0 Å². The van der Waals surface area contributed by atoms with Gasteiger partial charge in [-0.2, -0.15) is 18.3 Å². The topological polar surface area (TPSA) is 107 Å². The van der Waals surface area contributed by atoms with E-state index in [-0.39, 0.29) is 22.2 Å². The molecule has 0 saturated carbocycles. The number of hydrogen-bond donors (Lipinski definition) is 2. The molecule has 0 spiro atoms. The van der Waals surface area contributed by atoms with Crippen LogP contribution in [0.2, 0.25) is 0 Å². The number of alkyl halides is 3. The van der Waals surface area contributed by atoms with E-state index >= 15 is 0 Å². The van der Waals surface area contributed by atoms with Crippen LogP contribution in [0, 0.1) is 10.1 Å². The Bertz CT molecular complexity index is 817. The van der Waals surface area contributed by atoms with Gasteiger partial charge >= 0.3 is 6.18 Å². The van der Waals surface area contributed by atoms with Gasteiger partial charge < -0.3 is 10.2 Å². The highest BCUT2D eigenvalue weighted by molar-refractivity contribution is 7.80. The molecule has 0 saturated heterocycles. The lowest BCUT2D eigenvalue weighted by Crippen LogP contribution is -2.23. The van der Waals surface area contributed by atoms with Crippen molar-refractivity contribution in [2.75, 3.05) is 0 Å². The number of benzene rings is 1. The minimum Gasteiger partial charge on any atom is -0.455 e. The number of nitrogens with one attached hydrogen (secondary N) is 1. The molecule has 0 aliphatic heterocycles. The highest BCUT2D eigenvalue weighted by atomic mass is 32.1. The molecule has 126 valence electrons.